The third-order valence-corrected chi connectivity index (χ3v) is 3.85. The van der Waals surface area contributed by atoms with Crippen molar-refractivity contribution in [1.29, 1.82) is 0 Å². The van der Waals surface area contributed by atoms with E-state index in [9.17, 15) is 9.59 Å². The van der Waals surface area contributed by atoms with Gasteiger partial charge in [0.15, 0.2) is 0 Å². The fourth-order valence-corrected chi connectivity index (χ4v) is 2.39. The minimum absolute atomic E-state index is 0.318. The van der Waals surface area contributed by atoms with Crippen LogP contribution < -0.4 is 5.32 Å². The van der Waals surface area contributed by atoms with Gasteiger partial charge in [-0.3, -0.25) is 4.79 Å². The van der Waals surface area contributed by atoms with E-state index < -0.39 is 17.4 Å². The number of thiophene rings is 1. The van der Waals surface area contributed by atoms with Gasteiger partial charge in [0.2, 0.25) is 0 Å². The summed E-state index contributed by atoms with van der Waals surface area (Å²) in [5, 5.41) is 11.7. The summed E-state index contributed by atoms with van der Waals surface area (Å²) in [6, 6.07) is 2.74. The summed E-state index contributed by atoms with van der Waals surface area (Å²) in [6.07, 6.45) is 0.875. The summed E-state index contributed by atoms with van der Waals surface area (Å²) in [6.45, 7) is 7.39. The Kier molecular flexibility index (Phi) is 4.51. The van der Waals surface area contributed by atoms with E-state index in [0.29, 0.717) is 4.88 Å². The van der Waals surface area contributed by atoms with Crippen LogP contribution in [0.15, 0.2) is 12.1 Å². The van der Waals surface area contributed by atoms with Crippen LogP contribution in [0.4, 0.5) is 0 Å². The van der Waals surface area contributed by atoms with E-state index in [1.54, 1.807) is 26.8 Å². The molecule has 1 aromatic rings. The molecule has 0 aliphatic rings. The molecule has 0 fully saturated rings. The van der Waals surface area contributed by atoms with Gasteiger partial charge in [-0.2, -0.15) is 0 Å². The lowest BCUT2D eigenvalue weighted by atomic mass is 9.87. The van der Waals surface area contributed by atoms with Crippen LogP contribution in [0.1, 0.15) is 42.2 Å². The Balaban J connectivity index is 2.82. The highest BCUT2D eigenvalue weighted by molar-refractivity contribution is 7.14. The molecule has 5 heteroatoms. The number of rotatable bonds is 4. The summed E-state index contributed by atoms with van der Waals surface area (Å²) in [5.74, 6) is -1.33. The molecule has 0 unspecified atom stereocenters. The normalized spacial score (nSPS) is 13.1. The van der Waals surface area contributed by atoms with Crippen molar-refractivity contribution < 1.29 is 14.7 Å². The van der Waals surface area contributed by atoms with E-state index in [0.717, 1.165) is 11.3 Å². The largest absolute Gasteiger partial charge is 0.480 e. The van der Waals surface area contributed by atoms with Crippen LogP contribution in [0.2, 0.25) is 0 Å². The molecule has 0 saturated carbocycles. The second-order valence-electron chi connectivity index (χ2n) is 5.23. The molecule has 0 radical (unpaired) electrons. The van der Waals surface area contributed by atoms with Gasteiger partial charge >= 0.3 is 5.97 Å². The Bertz CT molecular complexity index is 445. The van der Waals surface area contributed by atoms with Crippen LogP contribution in [0.3, 0.4) is 0 Å². The molecule has 100 valence electrons. The first-order valence-electron chi connectivity index (χ1n) is 5.88. The molecule has 0 saturated heterocycles. The highest BCUT2D eigenvalue weighted by Gasteiger charge is 2.33. The van der Waals surface area contributed by atoms with Gasteiger partial charge in [0.25, 0.3) is 5.91 Å². The predicted octanol–water partition coefficient (Wildman–Crippen LogP) is 2.54. The Morgan fingerprint density at radius 3 is 2.39 bits per heavy atom. The number of aryl methyl sites for hydroxylation is 1. The number of carbonyl (C=O) groups is 2. The van der Waals surface area contributed by atoms with Gasteiger partial charge < -0.3 is 10.4 Å². The Morgan fingerprint density at radius 1 is 1.39 bits per heavy atom. The molecular weight excluding hydrogens is 250 g/mol. The quantitative estimate of drug-likeness (QED) is 0.882. The summed E-state index contributed by atoms with van der Waals surface area (Å²) < 4.78 is 0. The number of hydrogen-bond acceptors (Lipinski definition) is 3. The average molecular weight is 269 g/mol. The lowest BCUT2D eigenvalue weighted by molar-refractivity contribution is -0.142. The summed E-state index contributed by atoms with van der Waals surface area (Å²) in [7, 11) is 0. The fourth-order valence-electron chi connectivity index (χ4n) is 1.54. The van der Waals surface area contributed by atoms with E-state index in [1.807, 2.05) is 13.0 Å². The van der Waals surface area contributed by atoms with Gasteiger partial charge in [-0.15, -0.1) is 11.3 Å². The number of carboxylic acids is 1. The lowest BCUT2D eigenvalue weighted by Crippen LogP contribution is -2.48. The molecule has 1 amide bonds. The van der Waals surface area contributed by atoms with E-state index in [1.165, 1.54) is 11.3 Å². The molecule has 4 nitrogen and oxygen atoms in total. The second kappa shape index (κ2) is 5.52. The van der Waals surface area contributed by atoms with Crippen molar-refractivity contribution in [2.75, 3.05) is 0 Å². The van der Waals surface area contributed by atoms with Crippen LogP contribution in [0, 0.1) is 5.41 Å². The number of carbonyl (C=O) groups excluding carboxylic acids is 1. The monoisotopic (exact) mass is 269 g/mol. The Hall–Kier alpha value is -1.36. The molecule has 1 aromatic heterocycles. The minimum Gasteiger partial charge on any atom is -0.480 e. The number of carboxylic acid groups (broad SMARTS) is 1. The first kappa shape index (κ1) is 14.7. The maximum absolute atomic E-state index is 12.0. The smallest absolute Gasteiger partial charge is 0.326 e. The van der Waals surface area contributed by atoms with E-state index in [2.05, 4.69) is 5.32 Å². The Morgan fingerprint density at radius 2 is 2.00 bits per heavy atom. The van der Waals surface area contributed by atoms with Gasteiger partial charge in [0.1, 0.15) is 6.04 Å². The standard InChI is InChI=1S/C13H19NO3S/c1-5-8-6-7-9(18-8)11(15)14-10(12(16)17)13(2,3)4/h6-7,10H,5H2,1-4H3,(H,14,15)(H,16,17)/t10-/m0/s1. The lowest BCUT2D eigenvalue weighted by Gasteiger charge is -2.27. The molecule has 0 aromatic carbocycles. The van der Waals surface area contributed by atoms with Gasteiger partial charge in [-0.1, -0.05) is 27.7 Å². The number of amides is 1. The summed E-state index contributed by atoms with van der Waals surface area (Å²) in [5.41, 5.74) is -0.521. The molecule has 0 spiro atoms. The second-order valence-corrected chi connectivity index (χ2v) is 6.40. The molecule has 1 heterocycles. The molecular formula is C13H19NO3S. The van der Waals surface area contributed by atoms with E-state index in [-0.39, 0.29) is 5.91 Å². The first-order chi connectivity index (χ1) is 8.25. The summed E-state index contributed by atoms with van der Waals surface area (Å²) >= 11 is 1.40. The molecule has 1 rings (SSSR count). The number of hydrogen-bond donors (Lipinski definition) is 2. The highest BCUT2D eigenvalue weighted by Crippen LogP contribution is 2.21. The molecule has 2 N–H and O–H groups in total. The number of aliphatic carboxylic acids is 1. The maximum atomic E-state index is 12.0. The van der Waals surface area contributed by atoms with Gasteiger partial charge in [-0.25, -0.2) is 4.79 Å². The molecule has 18 heavy (non-hydrogen) atoms. The highest BCUT2D eigenvalue weighted by atomic mass is 32.1. The first-order valence-corrected chi connectivity index (χ1v) is 6.69. The van der Waals surface area contributed by atoms with Crippen molar-refractivity contribution in [1.82, 2.24) is 5.32 Å². The van der Waals surface area contributed by atoms with Crippen molar-refractivity contribution in [3.8, 4) is 0 Å². The van der Waals surface area contributed by atoms with Crippen LogP contribution in [-0.4, -0.2) is 23.0 Å². The zero-order valence-corrected chi connectivity index (χ0v) is 11.9. The molecule has 0 aliphatic carbocycles. The summed E-state index contributed by atoms with van der Waals surface area (Å²) in [4.78, 5) is 24.8. The molecule has 0 aliphatic heterocycles. The zero-order valence-electron chi connectivity index (χ0n) is 11.1. The maximum Gasteiger partial charge on any atom is 0.326 e. The average Bonchev–Trinajstić information content (AvgIpc) is 2.71. The molecule has 0 bridgehead atoms. The van der Waals surface area contributed by atoms with Gasteiger partial charge in [0, 0.05) is 4.88 Å². The predicted molar refractivity (Wildman–Crippen MR) is 72.0 cm³/mol. The van der Waals surface area contributed by atoms with Crippen LogP contribution in [0.5, 0.6) is 0 Å². The fraction of sp³-hybridized carbons (Fsp3) is 0.538. The molecule has 1 atom stereocenters. The van der Waals surface area contributed by atoms with Crippen molar-refractivity contribution in [3.05, 3.63) is 21.9 Å². The number of nitrogens with one attached hydrogen (secondary N) is 1. The van der Waals surface area contributed by atoms with Crippen LogP contribution in [-0.2, 0) is 11.2 Å². The van der Waals surface area contributed by atoms with Crippen molar-refractivity contribution in [2.24, 2.45) is 5.41 Å². The minimum atomic E-state index is -1.01. The Labute approximate surface area is 111 Å². The van der Waals surface area contributed by atoms with Crippen molar-refractivity contribution >= 4 is 23.2 Å². The topological polar surface area (TPSA) is 66.4 Å². The zero-order chi connectivity index (χ0) is 13.9. The van der Waals surface area contributed by atoms with Gasteiger partial charge in [-0.05, 0) is 24.0 Å². The van der Waals surface area contributed by atoms with E-state index >= 15 is 0 Å². The third kappa shape index (κ3) is 3.57. The van der Waals surface area contributed by atoms with Gasteiger partial charge in [0.05, 0.1) is 4.88 Å². The third-order valence-electron chi connectivity index (χ3n) is 2.62. The van der Waals surface area contributed by atoms with Crippen LogP contribution >= 0.6 is 11.3 Å². The van der Waals surface area contributed by atoms with E-state index in [4.69, 9.17) is 5.11 Å². The van der Waals surface area contributed by atoms with Crippen LogP contribution in [0.25, 0.3) is 0 Å². The van der Waals surface area contributed by atoms with Crippen molar-refractivity contribution in [3.63, 3.8) is 0 Å². The SMILES string of the molecule is CCc1ccc(C(=O)N[C@@H](C(=O)O)C(C)(C)C)s1. The van der Waals surface area contributed by atoms with Crippen molar-refractivity contribution in [2.45, 2.75) is 40.2 Å².